The number of rotatable bonds is 6. The molecule has 0 spiro atoms. The first-order valence-electron chi connectivity index (χ1n) is 6.29. The van der Waals surface area contributed by atoms with Crippen LogP contribution in [0.5, 0.6) is 0 Å². The van der Waals surface area contributed by atoms with Crippen molar-refractivity contribution in [3.63, 3.8) is 0 Å². The van der Waals surface area contributed by atoms with Gasteiger partial charge in [0.25, 0.3) is 0 Å². The van der Waals surface area contributed by atoms with Crippen LogP contribution in [0.4, 0.5) is 4.39 Å². The molecule has 1 N–H and O–H groups in total. The highest BCUT2D eigenvalue weighted by atomic mass is 32.2. The number of halogens is 1. The van der Waals surface area contributed by atoms with Gasteiger partial charge in [-0.25, -0.2) is 4.39 Å². The molecule has 3 heteroatoms. The van der Waals surface area contributed by atoms with E-state index in [9.17, 15) is 4.39 Å². The second-order valence-electron chi connectivity index (χ2n) is 4.63. The van der Waals surface area contributed by atoms with Gasteiger partial charge < -0.3 is 5.32 Å². The first-order valence-corrected chi connectivity index (χ1v) is 7.45. The third kappa shape index (κ3) is 3.76. The van der Waals surface area contributed by atoms with E-state index in [2.05, 4.69) is 11.2 Å². The van der Waals surface area contributed by atoms with Crippen molar-refractivity contribution >= 4 is 11.8 Å². The summed E-state index contributed by atoms with van der Waals surface area (Å²) in [7, 11) is 0. The second kappa shape index (κ2) is 6.82. The molecular formula is C15H18FNS. The molecule has 1 aliphatic carbocycles. The molecule has 1 aliphatic rings. The summed E-state index contributed by atoms with van der Waals surface area (Å²) in [6.07, 6.45) is 7.50. The SMILES string of the molecule is C#CCSCCNC1CC(c2ccc(F)cc2)C1. The minimum absolute atomic E-state index is 0.154. The number of nitrogens with one attached hydrogen (secondary N) is 1. The summed E-state index contributed by atoms with van der Waals surface area (Å²) in [5.41, 5.74) is 1.26. The lowest BCUT2D eigenvalue weighted by atomic mass is 9.76. The number of hydrogen-bond acceptors (Lipinski definition) is 2. The number of benzene rings is 1. The molecular weight excluding hydrogens is 245 g/mol. The maximum atomic E-state index is 12.8. The monoisotopic (exact) mass is 263 g/mol. The Hall–Kier alpha value is -0.980. The van der Waals surface area contributed by atoms with Crippen LogP contribution in [0.1, 0.15) is 24.3 Å². The van der Waals surface area contributed by atoms with E-state index in [-0.39, 0.29) is 5.82 Å². The predicted molar refractivity (Wildman–Crippen MR) is 76.3 cm³/mol. The van der Waals surface area contributed by atoms with Gasteiger partial charge in [-0.2, -0.15) is 0 Å². The molecule has 0 aliphatic heterocycles. The lowest BCUT2D eigenvalue weighted by Gasteiger charge is -2.36. The van der Waals surface area contributed by atoms with Crippen LogP contribution >= 0.6 is 11.8 Å². The van der Waals surface area contributed by atoms with E-state index in [0.717, 1.165) is 30.9 Å². The maximum Gasteiger partial charge on any atom is 0.123 e. The predicted octanol–water partition coefficient (Wildman–Crippen LogP) is 3.03. The van der Waals surface area contributed by atoms with Gasteiger partial charge >= 0.3 is 0 Å². The molecule has 1 fully saturated rings. The quantitative estimate of drug-likeness (QED) is 0.625. The molecule has 1 aromatic rings. The number of terminal acetylenes is 1. The Morgan fingerprint density at radius 2 is 2.06 bits per heavy atom. The first-order chi connectivity index (χ1) is 8.79. The van der Waals surface area contributed by atoms with Crippen molar-refractivity contribution in [3.05, 3.63) is 35.6 Å². The average molecular weight is 263 g/mol. The minimum Gasteiger partial charge on any atom is -0.313 e. The van der Waals surface area contributed by atoms with Crippen molar-refractivity contribution in [2.75, 3.05) is 18.1 Å². The minimum atomic E-state index is -0.154. The van der Waals surface area contributed by atoms with Crippen LogP contribution in [-0.4, -0.2) is 24.1 Å². The Morgan fingerprint density at radius 3 is 2.72 bits per heavy atom. The number of thioether (sulfide) groups is 1. The standard InChI is InChI=1S/C15H18FNS/c1-2-8-18-9-7-17-15-10-13(11-15)12-3-5-14(16)6-4-12/h1,3-6,13,15,17H,7-11H2. The number of hydrogen-bond donors (Lipinski definition) is 1. The summed E-state index contributed by atoms with van der Waals surface area (Å²) in [5, 5.41) is 3.53. The summed E-state index contributed by atoms with van der Waals surface area (Å²) >= 11 is 1.79. The molecule has 0 amide bonds. The van der Waals surface area contributed by atoms with Gasteiger partial charge in [-0.15, -0.1) is 18.2 Å². The highest BCUT2D eigenvalue weighted by Crippen LogP contribution is 2.36. The molecule has 96 valence electrons. The first kappa shape index (κ1) is 13.5. The fourth-order valence-corrected chi connectivity index (χ4v) is 2.78. The van der Waals surface area contributed by atoms with Crippen molar-refractivity contribution in [1.29, 1.82) is 0 Å². The van der Waals surface area contributed by atoms with Crippen LogP contribution in [-0.2, 0) is 0 Å². The van der Waals surface area contributed by atoms with Crippen molar-refractivity contribution < 1.29 is 4.39 Å². The van der Waals surface area contributed by atoms with Crippen LogP contribution in [0.15, 0.2) is 24.3 Å². The van der Waals surface area contributed by atoms with Crippen molar-refractivity contribution in [2.45, 2.75) is 24.8 Å². The van der Waals surface area contributed by atoms with Crippen molar-refractivity contribution in [1.82, 2.24) is 5.32 Å². The average Bonchev–Trinajstić information content (AvgIpc) is 2.33. The zero-order chi connectivity index (χ0) is 12.8. The van der Waals surface area contributed by atoms with Gasteiger partial charge in [-0.05, 0) is 36.5 Å². The summed E-state index contributed by atoms with van der Waals surface area (Å²) in [4.78, 5) is 0. The largest absolute Gasteiger partial charge is 0.313 e. The molecule has 1 nitrogen and oxygen atoms in total. The topological polar surface area (TPSA) is 12.0 Å². The molecule has 0 saturated heterocycles. The van der Waals surface area contributed by atoms with Gasteiger partial charge in [0, 0.05) is 18.3 Å². The Kier molecular flexibility index (Phi) is 5.10. The van der Waals surface area contributed by atoms with E-state index >= 15 is 0 Å². The van der Waals surface area contributed by atoms with Gasteiger partial charge in [0.1, 0.15) is 5.82 Å². The molecule has 0 aromatic heterocycles. The fraction of sp³-hybridized carbons (Fsp3) is 0.467. The summed E-state index contributed by atoms with van der Waals surface area (Å²) in [6, 6.07) is 7.52. The summed E-state index contributed by atoms with van der Waals surface area (Å²) < 4.78 is 12.8. The molecule has 0 heterocycles. The second-order valence-corrected chi connectivity index (χ2v) is 5.73. The van der Waals surface area contributed by atoms with Crippen molar-refractivity contribution in [2.24, 2.45) is 0 Å². The third-order valence-electron chi connectivity index (χ3n) is 3.34. The van der Waals surface area contributed by atoms with Gasteiger partial charge in [-0.1, -0.05) is 18.1 Å². The Balaban J connectivity index is 1.62. The zero-order valence-corrected chi connectivity index (χ0v) is 11.2. The molecule has 2 rings (SSSR count). The molecule has 0 unspecified atom stereocenters. The van der Waals surface area contributed by atoms with Crippen LogP contribution in [0.25, 0.3) is 0 Å². The Morgan fingerprint density at radius 1 is 1.33 bits per heavy atom. The van der Waals surface area contributed by atoms with E-state index in [1.165, 1.54) is 5.56 Å². The smallest absolute Gasteiger partial charge is 0.123 e. The Labute approximate surface area is 113 Å². The lowest BCUT2D eigenvalue weighted by molar-refractivity contribution is 0.296. The fourth-order valence-electron chi connectivity index (χ4n) is 2.26. The lowest BCUT2D eigenvalue weighted by Crippen LogP contribution is -2.41. The molecule has 0 bridgehead atoms. The summed E-state index contributed by atoms with van der Waals surface area (Å²) in [5.74, 6) is 4.93. The molecule has 18 heavy (non-hydrogen) atoms. The molecule has 0 atom stereocenters. The third-order valence-corrected chi connectivity index (χ3v) is 4.21. The van der Waals surface area contributed by atoms with Gasteiger partial charge in [0.15, 0.2) is 0 Å². The van der Waals surface area contributed by atoms with Crippen LogP contribution in [0.2, 0.25) is 0 Å². The highest BCUT2D eigenvalue weighted by molar-refractivity contribution is 7.99. The zero-order valence-electron chi connectivity index (χ0n) is 10.4. The van der Waals surface area contributed by atoms with Gasteiger partial charge in [-0.3, -0.25) is 0 Å². The van der Waals surface area contributed by atoms with Crippen LogP contribution in [0.3, 0.4) is 0 Å². The van der Waals surface area contributed by atoms with E-state index in [4.69, 9.17) is 6.42 Å². The van der Waals surface area contributed by atoms with Gasteiger partial charge in [0.05, 0.1) is 5.75 Å². The Bertz CT molecular complexity index is 403. The van der Waals surface area contributed by atoms with E-state index < -0.39 is 0 Å². The molecule has 1 aromatic carbocycles. The van der Waals surface area contributed by atoms with Gasteiger partial charge in [0.2, 0.25) is 0 Å². The molecule has 0 radical (unpaired) electrons. The summed E-state index contributed by atoms with van der Waals surface area (Å²) in [6.45, 7) is 1.02. The highest BCUT2D eigenvalue weighted by Gasteiger charge is 2.29. The normalized spacial score (nSPS) is 22.2. The van der Waals surface area contributed by atoms with Crippen LogP contribution in [0, 0.1) is 18.2 Å². The maximum absolute atomic E-state index is 12.8. The van der Waals surface area contributed by atoms with Crippen LogP contribution < -0.4 is 5.32 Å². The van der Waals surface area contributed by atoms with Crippen molar-refractivity contribution in [3.8, 4) is 12.3 Å². The van der Waals surface area contributed by atoms with E-state index in [1.807, 2.05) is 12.1 Å². The van der Waals surface area contributed by atoms with E-state index in [0.29, 0.717) is 12.0 Å². The molecule has 1 saturated carbocycles. The van der Waals surface area contributed by atoms with E-state index in [1.54, 1.807) is 23.9 Å².